The maximum absolute atomic E-state index is 14.2. The summed E-state index contributed by atoms with van der Waals surface area (Å²) in [5.74, 6) is -0.505. The molecule has 3 aromatic rings. The number of anilines is 1. The molecule has 2 aliphatic rings. The first-order valence-corrected chi connectivity index (χ1v) is 13.2. The summed E-state index contributed by atoms with van der Waals surface area (Å²) in [7, 11) is 1.86. The molecule has 8 heteroatoms. The van der Waals surface area contributed by atoms with E-state index in [1.807, 2.05) is 73.2 Å². The van der Waals surface area contributed by atoms with Gasteiger partial charge in [-0.15, -0.1) is 0 Å². The van der Waals surface area contributed by atoms with Crippen LogP contribution in [0.5, 0.6) is 0 Å². The van der Waals surface area contributed by atoms with Crippen LogP contribution in [-0.2, 0) is 4.79 Å². The number of primary amides is 1. The van der Waals surface area contributed by atoms with Gasteiger partial charge < -0.3 is 20.9 Å². The molecule has 2 heterocycles. The third-order valence-electron chi connectivity index (χ3n) is 7.32. The number of nitrogens with zero attached hydrogens (tertiary/aromatic N) is 3. The summed E-state index contributed by atoms with van der Waals surface area (Å²) >= 11 is 6.43. The fraction of sp³-hybridized carbons (Fsp3) is 0.300. The molecule has 0 bridgehead atoms. The number of nitrogens with one attached hydrogen (secondary N) is 1. The molecule has 1 fully saturated rings. The average Bonchev–Trinajstić information content (AvgIpc) is 3.39. The van der Waals surface area contributed by atoms with Crippen molar-refractivity contribution in [3.8, 4) is 11.1 Å². The molecule has 1 saturated heterocycles. The van der Waals surface area contributed by atoms with Crippen molar-refractivity contribution in [2.75, 3.05) is 25.0 Å². The summed E-state index contributed by atoms with van der Waals surface area (Å²) in [6.45, 7) is 5.59. The van der Waals surface area contributed by atoms with Gasteiger partial charge in [0, 0.05) is 41.5 Å². The molecular weight excluding hydrogens is 498 g/mol. The second-order valence-corrected chi connectivity index (χ2v) is 10.7. The molecule has 2 aliphatic heterocycles. The lowest BCUT2D eigenvalue weighted by Gasteiger charge is -2.36. The van der Waals surface area contributed by atoms with E-state index >= 15 is 0 Å². The van der Waals surface area contributed by atoms with E-state index in [2.05, 4.69) is 5.32 Å². The first-order chi connectivity index (χ1) is 18.2. The molecular formula is C30H32ClN5O2. The van der Waals surface area contributed by atoms with Crippen molar-refractivity contribution in [3.63, 3.8) is 0 Å². The van der Waals surface area contributed by atoms with E-state index in [0.29, 0.717) is 17.1 Å². The molecule has 0 aromatic heterocycles. The first-order valence-electron chi connectivity index (χ1n) is 12.8. The largest absolute Gasteiger partial charge is 0.366 e. The maximum Gasteiger partial charge on any atom is 0.250 e. The fourth-order valence-electron chi connectivity index (χ4n) is 5.41. The second kappa shape index (κ2) is 10.6. The monoisotopic (exact) mass is 529 g/mol. The third-order valence-corrected chi connectivity index (χ3v) is 7.54. The van der Waals surface area contributed by atoms with Crippen LogP contribution in [0.15, 0.2) is 59.6 Å². The fourth-order valence-corrected chi connectivity index (χ4v) is 5.69. The van der Waals surface area contributed by atoms with Crippen LogP contribution in [0, 0.1) is 13.8 Å². The molecule has 1 unspecified atom stereocenters. The van der Waals surface area contributed by atoms with E-state index in [9.17, 15) is 9.59 Å². The molecule has 196 valence electrons. The van der Waals surface area contributed by atoms with Gasteiger partial charge in [-0.25, -0.2) is 4.99 Å². The minimum atomic E-state index is -0.634. The number of halogens is 1. The molecule has 0 aliphatic carbocycles. The van der Waals surface area contributed by atoms with E-state index in [1.54, 1.807) is 18.5 Å². The van der Waals surface area contributed by atoms with Gasteiger partial charge in [-0.1, -0.05) is 23.7 Å². The van der Waals surface area contributed by atoms with Gasteiger partial charge >= 0.3 is 0 Å². The quantitative estimate of drug-likeness (QED) is 0.462. The van der Waals surface area contributed by atoms with E-state index < -0.39 is 11.9 Å². The number of nitrogens with two attached hydrogens (primary N) is 1. The van der Waals surface area contributed by atoms with Crippen molar-refractivity contribution in [3.05, 3.63) is 81.9 Å². The van der Waals surface area contributed by atoms with E-state index in [4.69, 9.17) is 22.3 Å². The summed E-state index contributed by atoms with van der Waals surface area (Å²) < 4.78 is 0. The summed E-state index contributed by atoms with van der Waals surface area (Å²) in [4.78, 5) is 34.5. The smallest absolute Gasteiger partial charge is 0.250 e. The first kappa shape index (κ1) is 25.9. The molecule has 7 nitrogen and oxygen atoms in total. The van der Waals surface area contributed by atoms with Gasteiger partial charge in [-0.2, -0.15) is 0 Å². The van der Waals surface area contributed by atoms with Gasteiger partial charge in [-0.05, 0) is 98.0 Å². The lowest BCUT2D eigenvalue weighted by atomic mass is 9.91. The summed E-state index contributed by atoms with van der Waals surface area (Å²) in [6.07, 6.45) is 3.90. The molecule has 0 radical (unpaired) electrons. The lowest BCUT2D eigenvalue weighted by molar-refractivity contribution is -0.131. The zero-order chi connectivity index (χ0) is 27.0. The van der Waals surface area contributed by atoms with Gasteiger partial charge in [-0.3, -0.25) is 9.59 Å². The summed E-state index contributed by atoms with van der Waals surface area (Å²) in [5, 5.41) is 4.08. The van der Waals surface area contributed by atoms with Crippen LogP contribution in [0.1, 0.15) is 45.9 Å². The van der Waals surface area contributed by atoms with Crippen LogP contribution in [0.3, 0.4) is 0 Å². The zero-order valence-electron chi connectivity index (χ0n) is 21.9. The molecule has 3 aromatic carbocycles. The topological polar surface area (TPSA) is 91.0 Å². The highest BCUT2D eigenvalue weighted by Crippen LogP contribution is 2.41. The Labute approximate surface area is 228 Å². The van der Waals surface area contributed by atoms with Crippen molar-refractivity contribution in [2.45, 2.75) is 38.8 Å². The molecule has 2 amide bonds. The maximum atomic E-state index is 14.2. The molecule has 0 spiro atoms. The number of rotatable bonds is 6. The molecule has 5 rings (SSSR count). The molecule has 38 heavy (non-hydrogen) atoms. The number of hydrogen-bond acceptors (Lipinski definition) is 5. The number of carbonyl (C=O) groups is 2. The SMILES string of the molecule is Cc1cc(Cl)cc(N2C=Nc3cc(C)c(-c4cccc(C(N)=O)c4)cc3C2C(=O)N(C)C[C@@H]2CCCN2)c1. The highest BCUT2D eigenvalue weighted by molar-refractivity contribution is 6.31. The number of likely N-dealkylation sites (N-methyl/N-ethyl adjacent to an activating group) is 1. The Hall–Kier alpha value is -3.68. The zero-order valence-corrected chi connectivity index (χ0v) is 22.6. The van der Waals surface area contributed by atoms with Crippen LogP contribution < -0.4 is 16.0 Å². The molecule has 3 N–H and O–H groups in total. The number of aliphatic imine (C=N–C) groups is 1. The van der Waals surface area contributed by atoms with Crippen LogP contribution in [0.2, 0.25) is 5.02 Å². The van der Waals surface area contributed by atoms with Crippen molar-refractivity contribution in [1.82, 2.24) is 10.2 Å². The van der Waals surface area contributed by atoms with Crippen LogP contribution >= 0.6 is 11.6 Å². The minimum Gasteiger partial charge on any atom is -0.366 e. The average molecular weight is 530 g/mol. The number of fused-ring (bicyclic) bond motifs is 1. The summed E-state index contributed by atoms with van der Waals surface area (Å²) in [6, 6.07) is 16.7. The highest BCUT2D eigenvalue weighted by Gasteiger charge is 2.35. The minimum absolute atomic E-state index is 0.0237. The molecule has 2 atom stereocenters. The number of carbonyl (C=O) groups excluding carboxylic acids is 2. The number of amides is 2. The predicted octanol–water partition coefficient (Wildman–Crippen LogP) is 5.15. The van der Waals surface area contributed by atoms with Crippen molar-refractivity contribution in [2.24, 2.45) is 10.7 Å². The number of benzene rings is 3. The Morgan fingerprint density at radius 2 is 1.97 bits per heavy atom. The number of aryl methyl sites for hydroxylation is 2. The highest BCUT2D eigenvalue weighted by atomic mass is 35.5. The van der Waals surface area contributed by atoms with Crippen molar-refractivity contribution in [1.29, 1.82) is 0 Å². The van der Waals surface area contributed by atoms with Gasteiger partial charge in [0.2, 0.25) is 11.8 Å². The van der Waals surface area contributed by atoms with Crippen molar-refractivity contribution < 1.29 is 9.59 Å². The summed E-state index contributed by atoms with van der Waals surface area (Å²) in [5.41, 5.74) is 12.1. The van der Waals surface area contributed by atoms with E-state index in [0.717, 1.165) is 58.6 Å². The number of hydrogen-bond donors (Lipinski definition) is 2. The Kier molecular flexibility index (Phi) is 7.23. The van der Waals surface area contributed by atoms with E-state index in [1.165, 1.54) is 0 Å². The predicted molar refractivity (Wildman–Crippen MR) is 153 cm³/mol. The second-order valence-electron chi connectivity index (χ2n) is 10.2. The van der Waals surface area contributed by atoms with Crippen LogP contribution in [0.25, 0.3) is 11.1 Å². The Morgan fingerprint density at radius 1 is 1.16 bits per heavy atom. The van der Waals surface area contributed by atoms with Crippen LogP contribution in [0.4, 0.5) is 11.4 Å². The Morgan fingerprint density at radius 3 is 2.68 bits per heavy atom. The lowest BCUT2D eigenvalue weighted by Crippen LogP contribution is -2.46. The Balaban J connectivity index is 1.62. The van der Waals surface area contributed by atoms with Crippen LogP contribution in [-0.4, -0.2) is 49.2 Å². The third kappa shape index (κ3) is 5.17. The molecule has 0 saturated carbocycles. The standard InChI is InChI=1S/C30H32ClN5O2/c1-18-10-22(31)14-24(11-18)36-17-34-27-12-19(2)25(20-6-4-7-21(13-20)29(32)37)15-26(27)28(36)30(38)35(3)16-23-8-5-9-33-23/h4,6-7,10-15,17,23,28,33H,5,8-9,16H2,1-3H3,(H2,32,37)/t23-,28?/m0/s1. The van der Waals surface area contributed by atoms with Crippen molar-refractivity contribution >= 4 is 41.1 Å². The van der Waals surface area contributed by atoms with Gasteiger partial charge in [0.05, 0.1) is 12.0 Å². The normalized spacial score (nSPS) is 18.4. The van der Waals surface area contributed by atoms with E-state index in [-0.39, 0.29) is 11.9 Å². The van der Waals surface area contributed by atoms with Gasteiger partial charge in [0.15, 0.2) is 0 Å². The van der Waals surface area contributed by atoms with Gasteiger partial charge in [0.25, 0.3) is 0 Å². The van der Waals surface area contributed by atoms with Gasteiger partial charge in [0.1, 0.15) is 6.04 Å². The Bertz CT molecular complexity index is 1410.